The van der Waals surface area contributed by atoms with Crippen LogP contribution >= 0.6 is 0 Å². The molecule has 2 unspecified atom stereocenters. The van der Waals surface area contributed by atoms with Crippen LogP contribution in [0.15, 0.2) is 0 Å². The lowest BCUT2D eigenvalue weighted by molar-refractivity contribution is -0.125. The maximum absolute atomic E-state index is 12.2. The molecular formula is C15H28N2O3. The van der Waals surface area contributed by atoms with Crippen LogP contribution in [-0.4, -0.2) is 49.5 Å². The third-order valence-corrected chi connectivity index (χ3v) is 4.46. The van der Waals surface area contributed by atoms with Gasteiger partial charge in [0.1, 0.15) is 0 Å². The van der Waals surface area contributed by atoms with Crippen molar-refractivity contribution in [2.75, 3.05) is 26.3 Å². The summed E-state index contributed by atoms with van der Waals surface area (Å²) in [4.78, 5) is 12.2. The SMILES string of the molecule is CCCNC1COCC1C(=O)NCC1CCC(O)CC1. The smallest absolute Gasteiger partial charge is 0.227 e. The Bertz CT molecular complexity index is 303. The van der Waals surface area contributed by atoms with Crippen LogP contribution in [0.5, 0.6) is 0 Å². The summed E-state index contributed by atoms with van der Waals surface area (Å²) in [6, 6.07) is 0.156. The van der Waals surface area contributed by atoms with E-state index in [0.717, 1.165) is 45.2 Å². The van der Waals surface area contributed by atoms with Crippen molar-refractivity contribution in [1.82, 2.24) is 10.6 Å². The molecule has 0 spiro atoms. The van der Waals surface area contributed by atoms with Crippen LogP contribution < -0.4 is 10.6 Å². The van der Waals surface area contributed by atoms with E-state index in [-0.39, 0.29) is 24.0 Å². The molecule has 1 saturated carbocycles. The van der Waals surface area contributed by atoms with Crippen molar-refractivity contribution < 1.29 is 14.6 Å². The molecule has 5 nitrogen and oxygen atoms in total. The second-order valence-corrected chi connectivity index (χ2v) is 6.12. The minimum Gasteiger partial charge on any atom is -0.393 e. The second-order valence-electron chi connectivity index (χ2n) is 6.12. The van der Waals surface area contributed by atoms with Crippen molar-refractivity contribution in [1.29, 1.82) is 0 Å². The molecule has 2 aliphatic rings. The Hall–Kier alpha value is -0.650. The molecule has 1 amide bonds. The summed E-state index contributed by atoms with van der Waals surface area (Å²) in [5, 5.41) is 15.9. The number of aliphatic hydroxyl groups excluding tert-OH is 1. The van der Waals surface area contributed by atoms with E-state index in [1.807, 2.05) is 0 Å². The lowest BCUT2D eigenvalue weighted by Crippen LogP contribution is -2.45. The van der Waals surface area contributed by atoms with Crippen molar-refractivity contribution in [3.05, 3.63) is 0 Å². The van der Waals surface area contributed by atoms with E-state index in [9.17, 15) is 9.90 Å². The van der Waals surface area contributed by atoms with E-state index in [1.165, 1.54) is 0 Å². The normalized spacial score (nSPS) is 34.1. The van der Waals surface area contributed by atoms with Crippen LogP contribution in [0.2, 0.25) is 0 Å². The molecule has 0 aromatic carbocycles. The first-order valence-electron chi connectivity index (χ1n) is 7.97. The van der Waals surface area contributed by atoms with Crippen molar-refractivity contribution in [2.45, 2.75) is 51.2 Å². The Morgan fingerprint density at radius 3 is 2.70 bits per heavy atom. The molecule has 20 heavy (non-hydrogen) atoms. The van der Waals surface area contributed by atoms with Crippen molar-refractivity contribution in [3.63, 3.8) is 0 Å². The quantitative estimate of drug-likeness (QED) is 0.670. The standard InChI is InChI=1S/C15H28N2O3/c1-2-7-16-14-10-20-9-13(14)15(19)17-8-11-3-5-12(18)6-4-11/h11-14,16,18H,2-10H2,1H3,(H,17,19). The maximum Gasteiger partial charge on any atom is 0.227 e. The van der Waals surface area contributed by atoms with Gasteiger partial charge in [-0.1, -0.05) is 6.92 Å². The number of carbonyl (C=O) groups is 1. The predicted octanol–water partition coefficient (Wildman–Crippen LogP) is 0.668. The number of hydrogen-bond donors (Lipinski definition) is 3. The molecule has 1 aliphatic carbocycles. The van der Waals surface area contributed by atoms with E-state index in [0.29, 0.717) is 19.1 Å². The predicted molar refractivity (Wildman–Crippen MR) is 77.4 cm³/mol. The highest BCUT2D eigenvalue weighted by Crippen LogP contribution is 2.23. The molecule has 2 atom stereocenters. The fourth-order valence-corrected chi connectivity index (χ4v) is 3.07. The van der Waals surface area contributed by atoms with Crippen LogP contribution in [0.4, 0.5) is 0 Å². The minimum absolute atomic E-state index is 0.0595. The Morgan fingerprint density at radius 2 is 2.00 bits per heavy atom. The van der Waals surface area contributed by atoms with Crippen molar-refractivity contribution in [2.24, 2.45) is 11.8 Å². The molecule has 0 aromatic rings. The van der Waals surface area contributed by atoms with E-state index < -0.39 is 0 Å². The summed E-state index contributed by atoms with van der Waals surface area (Å²) in [5.74, 6) is 0.574. The average Bonchev–Trinajstić information content (AvgIpc) is 2.92. The molecule has 2 rings (SSSR count). The highest BCUT2D eigenvalue weighted by Gasteiger charge is 2.33. The zero-order valence-corrected chi connectivity index (χ0v) is 12.4. The molecule has 3 N–H and O–H groups in total. The molecule has 1 aliphatic heterocycles. The molecule has 5 heteroatoms. The number of rotatable bonds is 6. The lowest BCUT2D eigenvalue weighted by atomic mass is 9.87. The molecule has 0 bridgehead atoms. The lowest BCUT2D eigenvalue weighted by Gasteiger charge is -2.26. The first kappa shape index (κ1) is 15.7. The number of aliphatic hydroxyl groups is 1. The maximum atomic E-state index is 12.2. The van der Waals surface area contributed by atoms with Gasteiger partial charge in [0.25, 0.3) is 0 Å². The van der Waals surface area contributed by atoms with Gasteiger partial charge in [0.15, 0.2) is 0 Å². The van der Waals surface area contributed by atoms with Gasteiger partial charge in [-0.15, -0.1) is 0 Å². The molecule has 2 fully saturated rings. The summed E-state index contributed by atoms with van der Waals surface area (Å²) in [6.45, 7) is 4.94. The minimum atomic E-state index is -0.132. The molecule has 1 heterocycles. The third-order valence-electron chi connectivity index (χ3n) is 4.46. The topological polar surface area (TPSA) is 70.6 Å². The van der Waals surface area contributed by atoms with Gasteiger partial charge in [-0.05, 0) is 44.6 Å². The number of amides is 1. The summed E-state index contributed by atoms with van der Waals surface area (Å²) in [7, 11) is 0. The van der Waals surface area contributed by atoms with Gasteiger partial charge >= 0.3 is 0 Å². The second kappa shape index (κ2) is 7.96. The molecule has 0 aromatic heterocycles. The Morgan fingerprint density at radius 1 is 1.25 bits per heavy atom. The largest absolute Gasteiger partial charge is 0.393 e. The van der Waals surface area contributed by atoms with Crippen molar-refractivity contribution in [3.8, 4) is 0 Å². The fourth-order valence-electron chi connectivity index (χ4n) is 3.07. The van der Waals surface area contributed by atoms with E-state index in [1.54, 1.807) is 0 Å². The number of hydrogen-bond acceptors (Lipinski definition) is 4. The van der Waals surface area contributed by atoms with Gasteiger partial charge in [-0.25, -0.2) is 0 Å². The number of carbonyl (C=O) groups excluding carboxylic acids is 1. The zero-order chi connectivity index (χ0) is 14.4. The monoisotopic (exact) mass is 284 g/mol. The number of nitrogens with one attached hydrogen (secondary N) is 2. The summed E-state index contributed by atoms with van der Waals surface area (Å²) < 4.78 is 5.44. The van der Waals surface area contributed by atoms with Crippen LogP contribution in [0.25, 0.3) is 0 Å². The van der Waals surface area contributed by atoms with Gasteiger partial charge in [-0.3, -0.25) is 4.79 Å². The third kappa shape index (κ3) is 4.43. The summed E-state index contributed by atoms with van der Waals surface area (Å²) in [5.41, 5.74) is 0. The number of ether oxygens (including phenoxy) is 1. The van der Waals surface area contributed by atoms with Gasteiger partial charge in [0.05, 0.1) is 25.2 Å². The Balaban J connectivity index is 1.70. The van der Waals surface area contributed by atoms with Crippen LogP contribution in [-0.2, 0) is 9.53 Å². The first-order valence-corrected chi connectivity index (χ1v) is 7.97. The Labute approximate surface area is 121 Å². The fraction of sp³-hybridized carbons (Fsp3) is 0.933. The molecule has 0 radical (unpaired) electrons. The summed E-state index contributed by atoms with van der Waals surface area (Å²) in [6.07, 6.45) is 4.70. The molecular weight excluding hydrogens is 256 g/mol. The van der Waals surface area contributed by atoms with Crippen LogP contribution in [0, 0.1) is 11.8 Å². The molecule has 1 saturated heterocycles. The van der Waals surface area contributed by atoms with Crippen molar-refractivity contribution >= 4 is 5.91 Å². The Kier molecular flexibility index (Phi) is 6.26. The van der Waals surface area contributed by atoms with Gasteiger partial charge < -0.3 is 20.5 Å². The van der Waals surface area contributed by atoms with E-state index >= 15 is 0 Å². The molecule has 116 valence electrons. The summed E-state index contributed by atoms with van der Waals surface area (Å²) >= 11 is 0. The van der Waals surface area contributed by atoms with E-state index in [4.69, 9.17) is 4.74 Å². The van der Waals surface area contributed by atoms with Crippen LogP contribution in [0.1, 0.15) is 39.0 Å². The highest BCUT2D eigenvalue weighted by molar-refractivity contribution is 5.79. The van der Waals surface area contributed by atoms with Gasteiger partial charge in [0.2, 0.25) is 5.91 Å². The van der Waals surface area contributed by atoms with Gasteiger partial charge in [-0.2, -0.15) is 0 Å². The first-order chi connectivity index (χ1) is 9.70. The van der Waals surface area contributed by atoms with Gasteiger partial charge in [0, 0.05) is 12.6 Å². The zero-order valence-electron chi connectivity index (χ0n) is 12.4. The van der Waals surface area contributed by atoms with E-state index in [2.05, 4.69) is 17.6 Å². The average molecular weight is 284 g/mol. The van der Waals surface area contributed by atoms with Crippen LogP contribution in [0.3, 0.4) is 0 Å². The highest BCUT2D eigenvalue weighted by atomic mass is 16.5.